The van der Waals surface area contributed by atoms with Crippen molar-refractivity contribution in [3.05, 3.63) is 34.2 Å². The number of amides is 1. The van der Waals surface area contributed by atoms with Gasteiger partial charge in [-0.05, 0) is 38.9 Å². The zero-order valence-corrected chi connectivity index (χ0v) is 12.0. The van der Waals surface area contributed by atoms with E-state index in [4.69, 9.17) is 0 Å². The molecule has 5 heteroatoms. The standard InChI is InChI=1S/C15H23N3O2/c1-12(18-10-3-2-4-11-18)15(20)16-9-8-13-6-5-7-14(19)17-13/h5-7,12H,2-4,8-11H2,1H3,(H,16,20)(H,17,19)/t12-/m1/s1. The molecule has 0 aromatic carbocycles. The number of hydrogen-bond donors (Lipinski definition) is 2. The largest absolute Gasteiger partial charge is 0.354 e. The maximum Gasteiger partial charge on any atom is 0.248 e. The van der Waals surface area contributed by atoms with Crippen LogP contribution in [0.15, 0.2) is 23.0 Å². The Labute approximate surface area is 119 Å². The summed E-state index contributed by atoms with van der Waals surface area (Å²) in [7, 11) is 0. The van der Waals surface area contributed by atoms with Crippen LogP contribution in [0.4, 0.5) is 0 Å². The Morgan fingerprint density at radius 2 is 2.10 bits per heavy atom. The summed E-state index contributed by atoms with van der Waals surface area (Å²) in [5.74, 6) is 0.0742. The zero-order chi connectivity index (χ0) is 14.4. The van der Waals surface area contributed by atoms with Crippen molar-refractivity contribution < 1.29 is 4.79 Å². The summed E-state index contributed by atoms with van der Waals surface area (Å²) in [4.78, 5) is 28.2. The molecule has 0 radical (unpaired) electrons. The molecule has 1 atom stereocenters. The Balaban J connectivity index is 1.75. The fourth-order valence-corrected chi connectivity index (χ4v) is 2.58. The van der Waals surface area contributed by atoms with E-state index in [9.17, 15) is 9.59 Å². The number of aromatic nitrogens is 1. The Bertz CT molecular complexity index is 492. The molecule has 110 valence electrons. The van der Waals surface area contributed by atoms with Crippen LogP contribution in [0.5, 0.6) is 0 Å². The van der Waals surface area contributed by atoms with Crippen molar-refractivity contribution in [1.29, 1.82) is 0 Å². The second-order valence-corrected chi connectivity index (χ2v) is 5.35. The van der Waals surface area contributed by atoms with Crippen molar-refractivity contribution in [3.8, 4) is 0 Å². The quantitative estimate of drug-likeness (QED) is 0.840. The first-order valence-electron chi connectivity index (χ1n) is 7.37. The highest BCUT2D eigenvalue weighted by Crippen LogP contribution is 2.11. The van der Waals surface area contributed by atoms with Crippen LogP contribution in [-0.2, 0) is 11.2 Å². The van der Waals surface area contributed by atoms with E-state index < -0.39 is 0 Å². The van der Waals surface area contributed by atoms with E-state index in [1.54, 1.807) is 6.07 Å². The lowest BCUT2D eigenvalue weighted by molar-refractivity contribution is -0.126. The Morgan fingerprint density at radius 3 is 2.80 bits per heavy atom. The van der Waals surface area contributed by atoms with Crippen LogP contribution in [0.3, 0.4) is 0 Å². The van der Waals surface area contributed by atoms with Gasteiger partial charge in [0.1, 0.15) is 0 Å². The van der Waals surface area contributed by atoms with Gasteiger partial charge in [0.15, 0.2) is 0 Å². The normalized spacial score (nSPS) is 17.6. The van der Waals surface area contributed by atoms with Crippen LogP contribution in [0.2, 0.25) is 0 Å². The van der Waals surface area contributed by atoms with Gasteiger partial charge in [0.05, 0.1) is 6.04 Å². The number of nitrogens with one attached hydrogen (secondary N) is 2. The van der Waals surface area contributed by atoms with Gasteiger partial charge in [-0.2, -0.15) is 0 Å². The van der Waals surface area contributed by atoms with Crippen molar-refractivity contribution in [1.82, 2.24) is 15.2 Å². The molecule has 1 amide bonds. The number of H-pyrrole nitrogens is 1. The molecular formula is C15H23N3O2. The minimum atomic E-state index is -0.101. The number of pyridine rings is 1. The second kappa shape index (κ2) is 7.24. The third kappa shape index (κ3) is 4.20. The number of carbonyl (C=O) groups excluding carboxylic acids is 1. The number of hydrogen-bond acceptors (Lipinski definition) is 3. The Kier molecular flexibility index (Phi) is 5.35. The molecule has 1 fully saturated rings. The van der Waals surface area contributed by atoms with Gasteiger partial charge in [0, 0.05) is 24.7 Å². The van der Waals surface area contributed by atoms with E-state index in [2.05, 4.69) is 15.2 Å². The molecule has 1 aliphatic heterocycles. The summed E-state index contributed by atoms with van der Waals surface area (Å²) in [5.41, 5.74) is 0.749. The molecule has 0 spiro atoms. The first-order chi connectivity index (χ1) is 9.66. The number of likely N-dealkylation sites (tertiary alicyclic amines) is 1. The summed E-state index contributed by atoms with van der Waals surface area (Å²) in [6.45, 7) is 4.54. The molecular weight excluding hydrogens is 254 g/mol. The topological polar surface area (TPSA) is 65.2 Å². The zero-order valence-electron chi connectivity index (χ0n) is 12.0. The summed E-state index contributed by atoms with van der Waals surface area (Å²) >= 11 is 0. The first-order valence-corrected chi connectivity index (χ1v) is 7.37. The molecule has 1 aromatic rings. The van der Waals surface area contributed by atoms with Crippen molar-refractivity contribution in [2.45, 2.75) is 38.6 Å². The highest BCUT2D eigenvalue weighted by atomic mass is 16.2. The minimum Gasteiger partial charge on any atom is -0.354 e. The molecule has 1 aliphatic rings. The van der Waals surface area contributed by atoms with Gasteiger partial charge in [0.25, 0.3) is 0 Å². The van der Waals surface area contributed by atoms with E-state index in [-0.39, 0.29) is 17.5 Å². The molecule has 5 nitrogen and oxygen atoms in total. The molecule has 0 saturated carbocycles. The third-order valence-corrected chi connectivity index (χ3v) is 3.84. The Hall–Kier alpha value is -1.62. The predicted octanol–water partition coefficient (Wildman–Crippen LogP) is 0.908. The maximum absolute atomic E-state index is 12.1. The van der Waals surface area contributed by atoms with Crippen LogP contribution in [0, 0.1) is 0 Å². The van der Waals surface area contributed by atoms with E-state index in [0.717, 1.165) is 18.8 Å². The molecule has 20 heavy (non-hydrogen) atoms. The minimum absolute atomic E-state index is 0.0647. The van der Waals surface area contributed by atoms with Gasteiger partial charge < -0.3 is 10.3 Å². The lowest BCUT2D eigenvalue weighted by Crippen LogP contribution is -2.47. The molecule has 0 bridgehead atoms. The van der Waals surface area contributed by atoms with Crippen molar-refractivity contribution in [2.75, 3.05) is 19.6 Å². The monoisotopic (exact) mass is 277 g/mol. The molecule has 0 aliphatic carbocycles. The number of aromatic amines is 1. The van der Waals surface area contributed by atoms with Crippen LogP contribution < -0.4 is 10.9 Å². The second-order valence-electron chi connectivity index (χ2n) is 5.35. The van der Waals surface area contributed by atoms with Gasteiger partial charge in [-0.1, -0.05) is 12.5 Å². The first kappa shape index (κ1) is 14.8. The van der Waals surface area contributed by atoms with E-state index >= 15 is 0 Å². The molecule has 2 heterocycles. The van der Waals surface area contributed by atoms with Crippen molar-refractivity contribution in [3.63, 3.8) is 0 Å². The van der Waals surface area contributed by atoms with Gasteiger partial charge >= 0.3 is 0 Å². The fourth-order valence-electron chi connectivity index (χ4n) is 2.58. The number of piperidine rings is 1. The van der Waals surface area contributed by atoms with Gasteiger partial charge in [-0.25, -0.2) is 0 Å². The van der Waals surface area contributed by atoms with E-state index in [1.807, 2.05) is 13.0 Å². The Morgan fingerprint density at radius 1 is 1.35 bits per heavy atom. The lowest BCUT2D eigenvalue weighted by Gasteiger charge is -2.31. The van der Waals surface area contributed by atoms with Gasteiger partial charge in [-0.15, -0.1) is 0 Å². The number of carbonyl (C=O) groups is 1. The molecule has 0 unspecified atom stereocenters. The van der Waals surface area contributed by atoms with Crippen LogP contribution >= 0.6 is 0 Å². The average molecular weight is 277 g/mol. The molecule has 1 aromatic heterocycles. The summed E-state index contributed by atoms with van der Waals surface area (Å²) in [6, 6.07) is 5.01. The predicted molar refractivity (Wildman–Crippen MR) is 78.7 cm³/mol. The van der Waals surface area contributed by atoms with Crippen LogP contribution in [0.25, 0.3) is 0 Å². The highest BCUT2D eigenvalue weighted by molar-refractivity contribution is 5.81. The van der Waals surface area contributed by atoms with Crippen LogP contribution in [0.1, 0.15) is 31.9 Å². The third-order valence-electron chi connectivity index (χ3n) is 3.84. The summed E-state index contributed by atoms with van der Waals surface area (Å²) in [5, 5.41) is 2.95. The average Bonchev–Trinajstić information content (AvgIpc) is 2.47. The molecule has 1 saturated heterocycles. The van der Waals surface area contributed by atoms with Crippen molar-refractivity contribution >= 4 is 5.91 Å². The SMILES string of the molecule is C[C@H](C(=O)NCCc1cccc(=O)[nH]1)N1CCCCC1. The van der Waals surface area contributed by atoms with E-state index in [0.29, 0.717) is 13.0 Å². The molecule has 2 rings (SSSR count). The van der Waals surface area contributed by atoms with Crippen LogP contribution in [-0.4, -0.2) is 41.5 Å². The maximum atomic E-state index is 12.1. The lowest BCUT2D eigenvalue weighted by atomic mass is 10.1. The number of nitrogens with zero attached hydrogens (tertiary/aromatic N) is 1. The van der Waals surface area contributed by atoms with Crippen molar-refractivity contribution in [2.24, 2.45) is 0 Å². The fraction of sp³-hybridized carbons (Fsp3) is 0.600. The summed E-state index contributed by atoms with van der Waals surface area (Å²) < 4.78 is 0. The molecule has 2 N–H and O–H groups in total. The van der Waals surface area contributed by atoms with E-state index in [1.165, 1.54) is 25.3 Å². The highest BCUT2D eigenvalue weighted by Gasteiger charge is 2.22. The van der Waals surface area contributed by atoms with Gasteiger partial charge in [-0.3, -0.25) is 14.5 Å². The summed E-state index contributed by atoms with van der Waals surface area (Å²) in [6.07, 6.45) is 4.28. The number of rotatable bonds is 5. The smallest absolute Gasteiger partial charge is 0.248 e. The van der Waals surface area contributed by atoms with Gasteiger partial charge in [0.2, 0.25) is 11.5 Å².